The number of allylic oxidation sites excluding steroid dienone is 1. The van der Waals surface area contributed by atoms with Crippen LogP contribution in [0.2, 0.25) is 0 Å². The Kier molecular flexibility index (Phi) is 3.23. The standard InChI is InChI=1S/C21H27NO/c1-12-10-18-14(11-17(12)20(22)23)5-6-16-15(18)8-9-21(3)13(2)4-7-19(16)21/h10-11,15-16,19H,2,4-9H2,1,3H3,(H2,22,23)/t15?,16?,19?,21-/m1/s1. The third-order valence-electron chi connectivity index (χ3n) is 7.29. The van der Waals surface area contributed by atoms with Gasteiger partial charge in [0, 0.05) is 5.56 Å². The minimum Gasteiger partial charge on any atom is -0.366 e. The van der Waals surface area contributed by atoms with E-state index in [0.717, 1.165) is 23.8 Å². The van der Waals surface area contributed by atoms with E-state index in [4.69, 9.17) is 5.73 Å². The normalized spacial score (nSPS) is 35.4. The van der Waals surface area contributed by atoms with Crippen LogP contribution < -0.4 is 5.73 Å². The second-order valence-corrected chi connectivity index (χ2v) is 8.24. The summed E-state index contributed by atoms with van der Waals surface area (Å²) in [6, 6.07) is 4.34. The van der Waals surface area contributed by atoms with Gasteiger partial charge in [0.05, 0.1) is 0 Å². The predicted octanol–water partition coefficient (Wildman–Crippen LogP) is 4.51. The van der Waals surface area contributed by atoms with Crippen molar-refractivity contribution in [2.24, 2.45) is 23.0 Å². The van der Waals surface area contributed by atoms with Crippen LogP contribution in [0, 0.1) is 24.2 Å². The largest absolute Gasteiger partial charge is 0.366 e. The molecule has 3 aliphatic rings. The summed E-state index contributed by atoms with van der Waals surface area (Å²) >= 11 is 0. The first-order valence-corrected chi connectivity index (χ1v) is 9.03. The summed E-state index contributed by atoms with van der Waals surface area (Å²) in [7, 11) is 0. The van der Waals surface area contributed by atoms with E-state index in [1.807, 2.05) is 6.92 Å². The Hall–Kier alpha value is -1.57. The molecule has 0 heterocycles. The number of hydrogen-bond acceptors (Lipinski definition) is 1. The number of rotatable bonds is 1. The SMILES string of the molecule is C=C1CCC2C3CCc4cc(C(N)=O)c(C)cc4C3CC[C@]12C. The molecule has 3 aliphatic carbocycles. The van der Waals surface area contributed by atoms with E-state index in [1.165, 1.54) is 48.8 Å². The van der Waals surface area contributed by atoms with Crippen LogP contribution in [-0.4, -0.2) is 5.91 Å². The highest BCUT2D eigenvalue weighted by atomic mass is 16.1. The molecule has 4 atom stereocenters. The van der Waals surface area contributed by atoms with Crippen LogP contribution in [0.15, 0.2) is 24.3 Å². The molecule has 0 spiro atoms. The number of hydrogen-bond donors (Lipinski definition) is 1. The minimum absolute atomic E-state index is 0.296. The predicted molar refractivity (Wildman–Crippen MR) is 93.5 cm³/mol. The molecule has 1 amide bonds. The molecule has 2 nitrogen and oxygen atoms in total. The van der Waals surface area contributed by atoms with Gasteiger partial charge in [0.25, 0.3) is 0 Å². The van der Waals surface area contributed by atoms with E-state index < -0.39 is 0 Å². The third-order valence-corrected chi connectivity index (χ3v) is 7.29. The Balaban J connectivity index is 1.74. The first-order chi connectivity index (χ1) is 10.9. The number of fused-ring (bicyclic) bond motifs is 5. The van der Waals surface area contributed by atoms with E-state index in [9.17, 15) is 4.79 Å². The fraction of sp³-hybridized carbons (Fsp3) is 0.571. The lowest BCUT2D eigenvalue weighted by molar-refractivity contribution is 0.0816. The summed E-state index contributed by atoms with van der Waals surface area (Å²) in [6.45, 7) is 8.87. The molecule has 0 aliphatic heterocycles. The highest BCUT2D eigenvalue weighted by Gasteiger charge is 2.51. The van der Waals surface area contributed by atoms with Crippen molar-refractivity contribution in [1.82, 2.24) is 0 Å². The molecule has 0 saturated heterocycles. The first-order valence-electron chi connectivity index (χ1n) is 9.03. The van der Waals surface area contributed by atoms with E-state index in [2.05, 4.69) is 25.6 Å². The van der Waals surface area contributed by atoms with Gasteiger partial charge in [-0.3, -0.25) is 4.79 Å². The number of amides is 1. The Labute approximate surface area is 139 Å². The van der Waals surface area contributed by atoms with Crippen LogP contribution in [0.3, 0.4) is 0 Å². The fourth-order valence-electron chi connectivity index (χ4n) is 5.91. The molecule has 0 aromatic heterocycles. The van der Waals surface area contributed by atoms with Crippen molar-refractivity contribution in [2.45, 2.75) is 58.3 Å². The molecule has 4 rings (SSSR count). The van der Waals surface area contributed by atoms with Crippen LogP contribution in [0.1, 0.15) is 72.0 Å². The summed E-state index contributed by atoms with van der Waals surface area (Å²) in [4.78, 5) is 11.6. The molecule has 2 N–H and O–H groups in total. The Morgan fingerprint density at radius 3 is 2.78 bits per heavy atom. The molecule has 122 valence electrons. The Bertz CT molecular complexity index is 704. The van der Waals surface area contributed by atoms with E-state index >= 15 is 0 Å². The summed E-state index contributed by atoms with van der Waals surface area (Å²) in [6.07, 6.45) is 7.43. The highest BCUT2D eigenvalue weighted by Crippen LogP contribution is 2.62. The molecule has 2 fully saturated rings. The van der Waals surface area contributed by atoms with Crippen molar-refractivity contribution < 1.29 is 4.79 Å². The number of nitrogens with two attached hydrogens (primary N) is 1. The Morgan fingerprint density at radius 2 is 2.04 bits per heavy atom. The van der Waals surface area contributed by atoms with Crippen LogP contribution in [0.25, 0.3) is 0 Å². The van der Waals surface area contributed by atoms with Gasteiger partial charge >= 0.3 is 0 Å². The molecular formula is C21H27NO. The van der Waals surface area contributed by atoms with Crippen molar-refractivity contribution in [3.8, 4) is 0 Å². The van der Waals surface area contributed by atoms with Crippen LogP contribution in [-0.2, 0) is 6.42 Å². The number of primary amides is 1. The number of aryl methyl sites for hydroxylation is 2. The van der Waals surface area contributed by atoms with Gasteiger partial charge in [-0.25, -0.2) is 0 Å². The highest BCUT2D eigenvalue weighted by molar-refractivity contribution is 5.94. The number of carbonyl (C=O) groups excluding carboxylic acids is 1. The quantitative estimate of drug-likeness (QED) is 0.762. The van der Waals surface area contributed by atoms with E-state index in [0.29, 0.717) is 16.9 Å². The maximum atomic E-state index is 11.6. The lowest BCUT2D eigenvalue weighted by Crippen LogP contribution is -2.40. The van der Waals surface area contributed by atoms with Gasteiger partial charge in [-0.1, -0.05) is 25.1 Å². The lowest BCUT2D eigenvalue weighted by Gasteiger charge is -2.49. The second-order valence-electron chi connectivity index (χ2n) is 8.24. The van der Waals surface area contributed by atoms with Crippen molar-refractivity contribution in [2.75, 3.05) is 0 Å². The van der Waals surface area contributed by atoms with Gasteiger partial charge in [0.1, 0.15) is 0 Å². The van der Waals surface area contributed by atoms with E-state index in [1.54, 1.807) is 0 Å². The van der Waals surface area contributed by atoms with Gasteiger partial charge in [0.2, 0.25) is 5.91 Å². The zero-order chi connectivity index (χ0) is 16.4. The monoisotopic (exact) mass is 309 g/mol. The maximum Gasteiger partial charge on any atom is 0.248 e. The summed E-state index contributed by atoms with van der Waals surface area (Å²) in [5.74, 6) is 1.97. The van der Waals surface area contributed by atoms with Gasteiger partial charge in [-0.05, 0) is 91.4 Å². The summed E-state index contributed by atoms with van der Waals surface area (Å²) in [5.41, 5.74) is 12.0. The average molecular weight is 309 g/mol. The summed E-state index contributed by atoms with van der Waals surface area (Å²) < 4.78 is 0. The zero-order valence-electron chi connectivity index (χ0n) is 14.3. The first kappa shape index (κ1) is 15.0. The smallest absolute Gasteiger partial charge is 0.248 e. The van der Waals surface area contributed by atoms with Crippen LogP contribution in [0.4, 0.5) is 0 Å². The fourth-order valence-corrected chi connectivity index (χ4v) is 5.91. The maximum absolute atomic E-state index is 11.6. The zero-order valence-corrected chi connectivity index (χ0v) is 14.3. The van der Waals surface area contributed by atoms with Crippen molar-refractivity contribution >= 4 is 5.91 Å². The molecule has 1 aromatic rings. The molecule has 0 radical (unpaired) electrons. The molecule has 2 saturated carbocycles. The topological polar surface area (TPSA) is 43.1 Å². The van der Waals surface area contributed by atoms with E-state index in [-0.39, 0.29) is 5.91 Å². The van der Waals surface area contributed by atoms with Gasteiger partial charge in [-0.2, -0.15) is 0 Å². The minimum atomic E-state index is -0.296. The number of carbonyl (C=O) groups is 1. The van der Waals surface area contributed by atoms with Crippen molar-refractivity contribution in [3.63, 3.8) is 0 Å². The van der Waals surface area contributed by atoms with Gasteiger partial charge in [0.15, 0.2) is 0 Å². The number of benzene rings is 1. The van der Waals surface area contributed by atoms with Crippen LogP contribution in [0.5, 0.6) is 0 Å². The molecule has 0 bridgehead atoms. The third kappa shape index (κ3) is 2.03. The molecule has 1 aromatic carbocycles. The van der Waals surface area contributed by atoms with Crippen LogP contribution >= 0.6 is 0 Å². The molecule has 23 heavy (non-hydrogen) atoms. The van der Waals surface area contributed by atoms with Gasteiger partial charge < -0.3 is 5.73 Å². The molecule has 2 heteroatoms. The van der Waals surface area contributed by atoms with Crippen molar-refractivity contribution in [1.29, 1.82) is 0 Å². The van der Waals surface area contributed by atoms with Crippen molar-refractivity contribution in [3.05, 3.63) is 46.5 Å². The summed E-state index contributed by atoms with van der Waals surface area (Å²) in [5, 5.41) is 0. The second kappa shape index (κ2) is 4.96. The lowest BCUT2D eigenvalue weighted by atomic mass is 9.55. The molecule has 3 unspecified atom stereocenters. The molecular weight excluding hydrogens is 282 g/mol. The van der Waals surface area contributed by atoms with Gasteiger partial charge in [-0.15, -0.1) is 0 Å². The Morgan fingerprint density at radius 1 is 1.26 bits per heavy atom. The average Bonchev–Trinajstić information content (AvgIpc) is 2.82.